The highest BCUT2D eigenvalue weighted by Crippen LogP contribution is 2.23. The first-order valence-electron chi connectivity index (χ1n) is 5.86. The van der Waals surface area contributed by atoms with Crippen LogP contribution in [0.2, 0.25) is 5.02 Å². The zero-order valence-electron chi connectivity index (χ0n) is 10.7. The molecule has 1 aliphatic rings. The van der Waals surface area contributed by atoms with Gasteiger partial charge in [0, 0.05) is 42.4 Å². The van der Waals surface area contributed by atoms with Crippen molar-refractivity contribution >= 4 is 33.4 Å². The smallest absolute Gasteiger partial charge is 0.254 e. The zero-order valence-corrected chi connectivity index (χ0v) is 13.1. The van der Waals surface area contributed by atoms with Gasteiger partial charge in [-0.05, 0) is 18.2 Å². The Morgan fingerprint density at radius 2 is 1.84 bits per heavy atom. The van der Waals surface area contributed by atoms with Gasteiger partial charge in [-0.1, -0.05) is 27.5 Å². The van der Waals surface area contributed by atoms with Gasteiger partial charge < -0.3 is 14.4 Å². The molecule has 6 heteroatoms. The SMILES string of the molecule is COC1CN(C(=O)c2cc(Cl)cc(Br)c2)CC1OC. The normalized spacial score (nSPS) is 22.8. The lowest BCUT2D eigenvalue weighted by Crippen LogP contribution is -2.30. The van der Waals surface area contributed by atoms with Gasteiger partial charge in [0.05, 0.1) is 0 Å². The minimum atomic E-state index is -0.0865. The van der Waals surface area contributed by atoms with Crippen LogP contribution in [0.1, 0.15) is 10.4 Å². The van der Waals surface area contributed by atoms with E-state index in [-0.39, 0.29) is 18.1 Å². The van der Waals surface area contributed by atoms with E-state index in [0.29, 0.717) is 23.7 Å². The predicted octanol–water partition coefficient (Wildman–Crippen LogP) is 2.59. The van der Waals surface area contributed by atoms with Crippen molar-refractivity contribution in [3.8, 4) is 0 Å². The van der Waals surface area contributed by atoms with Crippen molar-refractivity contribution < 1.29 is 14.3 Å². The summed E-state index contributed by atoms with van der Waals surface area (Å²) in [4.78, 5) is 14.1. The van der Waals surface area contributed by atoms with E-state index in [1.807, 2.05) is 0 Å². The third kappa shape index (κ3) is 3.28. The number of carbonyl (C=O) groups excluding carboxylic acids is 1. The van der Waals surface area contributed by atoms with Gasteiger partial charge in [-0.2, -0.15) is 0 Å². The third-order valence-corrected chi connectivity index (χ3v) is 3.89. The van der Waals surface area contributed by atoms with Crippen LogP contribution < -0.4 is 0 Å². The zero-order chi connectivity index (χ0) is 14.0. The van der Waals surface area contributed by atoms with Gasteiger partial charge in [-0.25, -0.2) is 0 Å². The molecule has 0 bridgehead atoms. The molecule has 1 aromatic carbocycles. The average Bonchev–Trinajstić information content (AvgIpc) is 2.79. The minimum Gasteiger partial charge on any atom is -0.377 e. The van der Waals surface area contributed by atoms with Crippen LogP contribution in [0.3, 0.4) is 0 Å². The van der Waals surface area contributed by atoms with Crippen LogP contribution >= 0.6 is 27.5 Å². The Kier molecular flexibility index (Phi) is 4.84. The maximum absolute atomic E-state index is 12.4. The van der Waals surface area contributed by atoms with Gasteiger partial charge in [0.2, 0.25) is 0 Å². The van der Waals surface area contributed by atoms with Crippen molar-refractivity contribution in [1.29, 1.82) is 0 Å². The molecule has 1 heterocycles. The van der Waals surface area contributed by atoms with Crippen LogP contribution in [0, 0.1) is 0 Å². The summed E-state index contributed by atoms with van der Waals surface area (Å²) >= 11 is 9.30. The lowest BCUT2D eigenvalue weighted by atomic mass is 10.2. The number of ether oxygens (including phenoxy) is 2. The molecular weight excluding hydrogens is 334 g/mol. The van der Waals surface area contributed by atoms with E-state index in [0.717, 1.165) is 4.47 Å². The number of halogens is 2. The molecule has 0 saturated carbocycles. The van der Waals surface area contributed by atoms with E-state index in [4.69, 9.17) is 21.1 Å². The number of hydrogen-bond donors (Lipinski definition) is 0. The summed E-state index contributed by atoms with van der Waals surface area (Å²) in [6.07, 6.45) is -0.173. The Morgan fingerprint density at radius 3 is 2.32 bits per heavy atom. The van der Waals surface area contributed by atoms with E-state index in [9.17, 15) is 4.79 Å². The third-order valence-electron chi connectivity index (χ3n) is 3.22. The fourth-order valence-electron chi connectivity index (χ4n) is 2.22. The summed E-state index contributed by atoms with van der Waals surface area (Å²) in [5.41, 5.74) is 0.561. The largest absolute Gasteiger partial charge is 0.377 e. The Hall–Kier alpha value is -0.620. The quantitative estimate of drug-likeness (QED) is 0.843. The molecule has 2 unspecified atom stereocenters. The van der Waals surface area contributed by atoms with Crippen molar-refractivity contribution in [3.63, 3.8) is 0 Å². The first-order chi connectivity index (χ1) is 9.05. The monoisotopic (exact) mass is 347 g/mol. The van der Waals surface area contributed by atoms with E-state index >= 15 is 0 Å². The second-order valence-electron chi connectivity index (χ2n) is 4.42. The molecule has 1 aliphatic heterocycles. The number of benzene rings is 1. The van der Waals surface area contributed by atoms with Gasteiger partial charge in [0.1, 0.15) is 12.2 Å². The summed E-state index contributed by atoms with van der Waals surface area (Å²) in [7, 11) is 3.25. The van der Waals surface area contributed by atoms with Crippen molar-refractivity contribution in [2.75, 3.05) is 27.3 Å². The second-order valence-corrected chi connectivity index (χ2v) is 5.77. The molecule has 0 N–H and O–H groups in total. The molecule has 1 aromatic rings. The van der Waals surface area contributed by atoms with Crippen LogP contribution in [0.4, 0.5) is 0 Å². The molecule has 19 heavy (non-hydrogen) atoms. The number of carbonyl (C=O) groups is 1. The molecule has 0 spiro atoms. The van der Waals surface area contributed by atoms with Crippen molar-refractivity contribution in [2.24, 2.45) is 0 Å². The fourth-order valence-corrected chi connectivity index (χ4v) is 3.08. The Morgan fingerprint density at radius 1 is 1.26 bits per heavy atom. The van der Waals surface area contributed by atoms with Gasteiger partial charge in [0.25, 0.3) is 5.91 Å². The van der Waals surface area contributed by atoms with Gasteiger partial charge in [-0.15, -0.1) is 0 Å². The Balaban J connectivity index is 2.16. The topological polar surface area (TPSA) is 38.8 Å². The number of methoxy groups -OCH3 is 2. The number of rotatable bonds is 3. The first-order valence-corrected chi connectivity index (χ1v) is 7.03. The van der Waals surface area contributed by atoms with Crippen molar-refractivity contribution in [1.82, 2.24) is 4.90 Å². The number of hydrogen-bond acceptors (Lipinski definition) is 3. The summed E-state index contributed by atoms with van der Waals surface area (Å²) < 4.78 is 11.4. The molecule has 1 amide bonds. The first kappa shape index (κ1) is 14.8. The van der Waals surface area contributed by atoms with Gasteiger partial charge >= 0.3 is 0 Å². The fraction of sp³-hybridized carbons (Fsp3) is 0.462. The predicted molar refractivity (Wildman–Crippen MR) is 76.6 cm³/mol. The van der Waals surface area contributed by atoms with E-state index in [2.05, 4.69) is 15.9 Å². The van der Waals surface area contributed by atoms with Crippen LogP contribution in [-0.4, -0.2) is 50.3 Å². The highest BCUT2D eigenvalue weighted by Gasteiger charge is 2.35. The molecule has 4 nitrogen and oxygen atoms in total. The van der Waals surface area contributed by atoms with E-state index < -0.39 is 0 Å². The molecule has 1 fully saturated rings. The van der Waals surface area contributed by atoms with Crippen molar-refractivity contribution in [2.45, 2.75) is 12.2 Å². The average molecular weight is 349 g/mol. The molecule has 0 aliphatic carbocycles. The van der Waals surface area contributed by atoms with Crippen LogP contribution in [0.15, 0.2) is 22.7 Å². The Bertz CT molecular complexity index is 451. The lowest BCUT2D eigenvalue weighted by molar-refractivity contribution is -0.00461. The van der Waals surface area contributed by atoms with Crippen molar-refractivity contribution in [3.05, 3.63) is 33.3 Å². The minimum absolute atomic E-state index is 0.0650. The molecule has 2 rings (SSSR count). The lowest BCUT2D eigenvalue weighted by Gasteiger charge is -2.16. The number of likely N-dealkylation sites (tertiary alicyclic amines) is 1. The standard InChI is InChI=1S/C13H15BrClNO3/c1-18-11-6-16(7-12(11)19-2)13(17)8-3-9(14)5-10(15)4-8/h3-5,11-12H,6-7H2,1-2H3. The maximum Gasteiger partial charge on any atom is 0.254 e. The van der Waals surface area contributed by atoms with E-state index in [1.165, 1.54) is 0 Å². The highest BCUT2D eigenvalue weighted by atomic mass is 79.9. The van der Waals surface area contributed by atoms with E-state index in [1.54, 1.807) is 37.3 Å². The second kappa shape index (κ2) is 6.22. The highest BCUT2D eigenvalue weighted by molar-refractivity contribution is 9.10. The summed E-state index contributed by atoms with van der Waals surface area (Å²) in [6.45, 7) is 1.05. The van der Waals surface area contributed by atoms with Crippen LogP contribution in [0.25, 0.3) is 0 Å². The molecule has 0 radical (unpaired) electrons. The van der Waals surface area contributed by atoms with Gasteiger partial charge in [0.15, 0.2) is 0 Å². The summed E-state index contributed by atoms with van der Waals surface area (Å²) in [5.74, 6) is -0.0650. The molecular formula is C13H15BrClNO3. The number of amides is 1. The Labute approximate surface area is 125 Å². The molecule has 104 valence electrons. The molecule has 0 aromatic heterocycles. The summed E-state index contributed by atoms with van der Waals surface area (Å²) in [6, 6.07) is 5.17. The number of nitrogens with zero attached hydrogens (tertiary/aromatic N) is 1. The molecule has 1 saturated heterocycles. The summed E-state index contributed by atoms with van der Waals surface area (Å²) in [5, 5.41) is 0.531. The molecule has 2 atom stereocenters. The van der Waals surface area contributed by atoms with Crippen LogP contribution in [-0.2, 0) is 9.47 Å². The maximum atomic E-state index is 12.4. The van der Waals surface area contributed by atoms with Gasteiger partial charge in [-0.3, -0.25) is 4.79 Å². The van der Waals surface area contributed by atoms with Crippen LogP contribution in [0.5, 0.6) is 0 Å².